The number of methoxy groups -OCH3 is 1. The molecule has 1 aliphatic rings. The van der Waals surface area contributed by atoms with Gasteiger partial charge in [-0.25, -0.2) is 8.78 Å². The Morgan fingerprint density at radius 2 is 2.00 bits per heavy atom. The highest BCUT2D eigenvalue weighted by Gasteiger charge is 2.28. The molecule has 1 aromatic rings. The van der Waals surface area contributed by atoms with Gasteiger partial charge in [-0.3, -0.25) is 5.32 Å². The first-order valence-electron chi connectivity index (χ1n) is 5.06. The van der Waals surface area contributed by atoms with Crippen LogP contribution >= 0.6 is 0 Å². The van der Waals surface area contributed by atoms with E-state index in [9.17, 15) is 13.9 Å². The normalized spacial score (nSPS) is 24.8. The van der Waals surface area contributed by atoms with Gasteiger partial charge in [0.2, 0.25) is 0 Å². The predicted molar refractivity (Wildman–Crippen MR) is 54.3 cm³/mol. The topological polar surface area (TPSA) is 41.5 Å². The maximum Gasteiger partial charge on any atom is 0.133 e. The molecule has 1 saturated heterocycles. The van der Waals surface area contributed by atoms with Crippen LogP contribution in [0.5, 0.6) is 5.75 Å². The fourth-order valence-corrected chi connectivity index (χ4v) is 2.00. The summed E-state index contributed by atoms with van der Waals surface area (Å²) in [6.45, 7) is 0.376. The average molecular weight is 229 g/mol. The van der Waals surface area contributed by atoms with Gasteiger partial charge in [0.05, 0.1) is 7.11 Å². The largest absolute Gasteiger partial charge is 0.497 e. The molecule has 2 N–H and O–H groups in total. The van der Waals surface area contributed by atoms with Crippen molar-refractivity contribution in [3.05, 3.63) is 29.3 Å². The Hall–Kier alpha value is -1.20. The van der Waals surface area contributed by atoms with Gasteiger partial charge in [-0.2, -0.15) is 0 Å². The van der Waals surface area contributed by atoms with E-state index in [2.05, 4.69) is 5.32 Å². The third kappa shape index (κ3) is 2.01. The van der Waals surface area contributed by atoms with Crippen LogP contribution in [-0.4, -0.2) is 25.0 Å². The number of hydrogen-bond acceptors (Lipinski definition) is 3. The highest BCUT2D eigenvalue weighted by atomic mass is 19.1. The Labute approximate surface area is 92.0 Å². The zero-order valence-electron chi connectivity index (χ0n) is 8.84. The van der Waals surface area contributed by atoms with Gasteiger partial charge < -0.3 is 9.84 Å². The zero-order chi connectivity index (χ0) is 11.7. The second kappa shape index (κ2) is 4.35. The van der Waals surface area contributed by atoms with Crippen molar-refractivity contribution in [1.29, 1.82) is 0 Å². The fraction of sp³-hybridized carbons (Fsp3) is 0.455. The van der Waals surface area contributed by atoms with Crippen molar-refractivity contribution in [2.75, 3.05) is 13.7 Å². The molecule has 1 unspecified atom stereocenters. The van der Waals surface area contributed by atoms with E-state index in [1.807, 2.05) is 0 Å². The van der Waals surface area contributed by atoms with Gasteiger partial charge in [-0.15, -0.1) is 0 Å². The molecule has 0 radical (unpaired) electrons. The minimum absolute atomic E-state index is 0.0184. The highest BCUT2D eigenvalue weighted by Crippen LogP contribution is 2.31. The first-order valence-corrected chi connectivity index (χ1v) is 5.06. The molecular weight excluding hydrogens is 216 g/mol. The standard InChI is InChI=1S/C11H13F2NO2/c1-16-7-3-8(12)11(9(13)4-7)6-2-10(15)14-5-6/h3-4,6,10,14-15H,2,5H2,1H3/t6-,10?/m0/s1. The Morgan fingerprint density at radius 1 is 1.38 bits per heavy atom. The average Bonchev–Trinajstić information content (AvgIpc) is 2.63. The Balaban J connectivity index is 2.34. The van der Waals surface area contributed by atoms with E-state index in [4.69, 9.17) is 4.74 Å². The van der Waals surface area contributed by atoms with E-state index in [0.717, 1.165) is 12.1 Å². The number of hydrogen-bond donors (Lipinski definition) is 2. The van der Waals surface area contributed by atoms with E-state index < -0.39 is 17.9 Å². The van der Waals surface area contributed by atoms with Crippen LogP contribution in [0.4, 0.5) is 8.78 Å². The molecule has 2 atom stereocenters. The van der Waals surface area contributed by atoms with Crippen molar-refractivity contribution in [3.63, 3.8) is 0 Å². The molecule has 2 rings (SSSR count). The molecule has 1 fully saturated rings. The van der Waals surface area contributed by atoms with Gasteiger partial charge in [-0.05, 0) is 6.42 Å². The maximum atomic E-state index is 13.6. The van der Waals surface area contributed by atoms with Crippen molar-refractivity contribution < 1.29 is 18.6 Å². The molecule has 0 aromatic heterocycles. The molecule has 1 heterocycles. The summed E-state index contributed by atoms with van der Waals surface area (Å²) >= 11 is 0. The molecule has 1 aliphatic heterocycles. The number of rotatable bonds is 2. The van der Waals surface area contributed by atoms with Gasteiger partial charge >= 0.3 is 0 Å². The highest BCUT2D eigenvalue weighted by molar-refractivity contribution is 5.33. The molecule has 16 heavy (non-hydrogen) atoms. The van der Waals surface area contributed by atoms with Crippen molar-refractivity contribution in [2.45, 2.75) is 18.6 Å². The molecule has 3 nitrogen and oxygen atoms in total. The van der Waals surface area contributed by atoms with Gasteiger partial charge in [-0.1, -0.05) is 0 Å². The summed E-state index contributed by atoms with van der Waals surface area (Å²) in [5.74, 6) is -1.43. The molecule has 0 amide bonds. The number of aliphatic hydroxyl groups excluding tert-OH is 1. The lowest BCUT2D eigenvalue weighted by Crippen LogP contribution is -2.19. The first-order chi connectivity index (χ1) is 7.61. The van der Waals surface area contributed by atoms with Crippen molar-refractivity contribution >= 4 is 0 Å². The third-order valence-electron chi connectivity index (χ3n) is 2.80. The van der Waals surface area contributed by atoms with Crippen LogP contribution in [-0.2, 0) is 0 Å². The Morgan fingerprint density at radius 3 is 2.44 bits per heavy atom. The van der Waals surface area contributed by atoms with Crippen molar-refractivity contribution in [1.82, 2.24) is 5.32 Å². The summed E-state index contributed by atoms with van der Waals surface area (Å²) in [5, 5.41) is 12.0. The maximum absolute atomic E-state index is 13.6. The van der Waals surface area contributed by atoms with E-state index in [0.29, 0.717) is 13.0 Å². The lowest BCUT2D eigenvalue weighted by atomic mass is 9.96. The van der Waals surface area contributed by atoms with Gasteiger partial charge in [0.25, 0.3) is 0 Å². The zero-order valence-corrected chi connectivity index (χ0v) is 8.84. The summed E-state index contributed by atoms with van der Waals surface area (Å²) in [6, 6.07) is 2.31. The van der Waals surface area contributed by atoms with E-state index in [-0.39, 0.29) is 17.2 Å². The molecule has 0 spiro atoms. The number of ether oxygens (including phenoxy) is 1. The lowest BCUT2D eigenvalue weighted by Gasteiger charge is -2.12. The second-order valence-corrected chi connectivity index (χ2v) is 3.86. The molecule has 0 bridgehead atoms. The van der Waals surface area contributed by atoms with Crippen LogP contribution < -0.4 is 10.1 Å². The van der Waals surface area contributed by atoms with Gasteiger partial charge in [0.1, 0.15) is 23.6 Å². The Kier molecular flexibility index (Phi) is 3.07. The smallest absolute Gasteiger partial charge is 0.133 e. The van der Waals surface area contributed by atoms with Crippen LogP contribution in [0.2, 0.25) is 0 Å². The van der Waals surface area contributed by atoms with E-state index in [1.165, 1.54) is 7.11 Å². The summed E-state index contributed by atoms with van der Waals surface area (Å²) < 4.78 is 32.1. The SMILES string of the molecule is COc1cc(F)c([C@@H]2CNC(O)C2)c(F)c1. The number of aliphatic hydroxyl groups is 1. The molecule has 5 heteroatoms. The summed E-state index contributed by atoms with van der Waals surface area (Å²) in [6.07, 6.45) is -0.369. The van der Waals surface area contributed by atoms with Gasteiger partial charge in [0.15, 0.2) is 0 Å². The van der Waals surface area contributed by atoms with Crippen molar-refractivity contribution in [2.24, 2.45) is 0 Å². The molecule has 0 saturated carbocycles. The minimum atomic E-state index is -0.689. The van der Waals surface area contributed by atoms with Crippen LogP contribution in [0.25, 0.3) is 0 Å². The third-order valence-corrected chi connectivity index (χ3v) is 2.80. The second-order valence-electron chi connectivity index (χ2n) is 3.86. The van der Waals surface area contributed by atoms with Crippen LogP contribution in [0, 0.1) is 11.6 Å². The van der Waals surface area contributed by atoms with E-state index in [1.54, 1.807) is 0 Å². The van der Waals surface area contributed by atoms with E-state index >= 15 is 0 Å². The quantitative estimate of drug-likeness (QED) is 0.804. The number of nitrogens with one attached hydrogen (secondary N) is 1. The molecular formula is C11H13F2NO2. The fourth-order valence-electron chi connectivity index (χ4n) is 2.00. The predicted octanol–water partition coefficient (Wildman–Crippen LogP) is 1.37. The monoisotopic (exact) mass is 229 g/mol. The van der Waals surface area contributed by atoms with Crippen LogP contribution in [0.1, 0.15) is 17.9 Å². The summed E-state index contributed by atoms with van der Waals surface area (Å²) in [5.41, 5.74) is 0.0184. The van der Waals surface area contributed by atoms with Crippen LogP contribution in [0.15, 0.2) is 12.1 Å². The molecule has 0 aliphatic carbocycles. The van der Waals surface area contributed by atoms with Crippen molar-refractivity contribution in [3.8, 4) is 5.75 Å². The lowest BCUT2D eigenvalue weighted by molar-refractivity contribution is 0.159. The molecule has 1 aromatic carbocycles. The summed E-state index contributed by atoms with van der Waals surface area (Å²) in [7, 11) is 1.36. The van der Waals surface area contributed by atoms with Crippen LogP contribution in [0.3, 0.4) is 0 Å². The molecule has 88 valence electrons. The Bertz CT molecular complexity index is 375. The summed E-state index contributed by atoms with van der Waals surface area (Å²) in [4.78, 5) is 0. The minimum Gasteiger partial charge on any atom is -0.497 e. The van der Waals surface area contributed by atoms with Gasteiger partial charge in [0, 0.05) is 30.2 Å². The first kappa shape index (κ1) is 11.3. The number of halogens is 2. The number of benzene rings is 1.